The molecule has 3 rings (SSSR count). The molecule has 0 amide bonds. The summed E-state index contributed by atoms with van der Waals surface area (Å²) in [5.74, 6) is -1.14. The third kappa shape index (κ3) is 1.21. The average molecular weight is 221 g/mol. The maximum absolute atomic E-state index is 13.7. The Hall–Kier alpha value is -1.91. The SMILES string of the molecule is O=Cc1cc(F)c2c(c1)oc(=O)n2C1CC1. The first kappa shape index (κ1) is 9.33. The summed E-state index contributed by atoms with van der Waals surface area (Å²) in [6.45, 7) is 0. The second-order valence-electron chi connectivity index (χ2n) is 3.94. The molecule has 2 aromatic rings. The van der Waals surface area contributed by atoms with E-state index in [-0.39, 0.29) is 22.7 Å². The van der Waals surface area contributed by atoms with Gasteiger partial charge in [0, 0.05) is 11.6 Å². The van der Waals surface area contributed by atoms with E-state index < -0.39 is 11.6 Å². The first-order chi connectivity index (χ1) is 7.70. The molecular weight excluding hydrogens is 213 g/mol. The number of hydrogen-bond acceptors (Lipinski definition) is 3. The molecule has 0 spiro atoms. The third-order valence-electron chi connectivity index (χ3n) is 2.73. The van der Waals surface area contributed by atoms with Gasteiger partial charge in [0.1, 0.15) is 11.8 Å². The summed E-state index contributed by atoms with van der Waals surface area (Å²) in [7, 11) is 0. The maximum Gasteiger partial charge on any atom is 0.420 e. The standard InChI is InChI=1S/C11H8FNO3/c12-8-3-6(5-14)4-9-10(8)13(7-1-2-7)11(15)16-9/h3-5,7H,1-2H2. The van der Waals surface area contributed by atoms with E-state index in [0.717, 1.165) is 18.9 Å². The lowest BCUT2D eigenvalue weighted by molar-refractivity contribution is 0.112. The molecule has 1 heterocycles. The highest BCUT2D eigenvalue weighted by Crippen LogP contribution is 2.36. The highest BCUT2D eigenvalue weighted by atomic mass is 19.1. The molecule has 0 aliphatic heterocycles. The summed E-state index contributed by atoms with van der Waals surface area (Å²) in [5.41, 5.74) is 0.471. The molecule has 1 aromatic carbocycles. The predicted molar refractivity (Wildman–Crippen MR) is 54.1 cm³/mol. The normalized spacial score (nSPS) is 15.6. The number of rotatable bonds is 2. The van der Waals surface area contributed by atoms with Crippen LogP contribution in [0.2, 0.25) is 0 Å². The summed E-state index contributed by atoms with van der Waals surface area (Å²) >= 11 is 0. The van der Waals surface area contributed by atoms with Crippen molar-refractivity contribution in [2.24, 2.45) is 0 Å². The number of aromatic nitrogens is 1. The van der Waals surface area contributed by atoms with Gasteiger partial charge in [-0.25, -0.2) is 9.18 Å². The number of aldehydes is 1. The van der Waals surface area contributed by atoms with Crippen LogP contribution in [0.3, 0.4) is 0 Å². The molecule has 0 atom stereocenters. The first-order valence-electron chi connectivity index (χ1n) is 5.00. The van der Waals surface area contributed by atoms with Crippen molar-refractivity contribution in [3.63, 3.8) is 0 Å². The lowest BCUT2D eigenvalue weighted by atomic mass is 10.2. The van der Waals surface area contributed by atoms with Crippen LogP contribution in [0.1, 0.15) is 29.2 Å². The molecule has 1 aromatic heterocycles. The van der Waals surface area contributed by atoms with Crippen molar-refractivity contribution in [2.75, 3.05) is 0 Å². The molecule has 0 unspecified atom stereocenters. The van der Waals surface area contributed by atoms with E-state index in [1.54, 1.807) is 0 Å². The molecular formula is C11H8FNO3. The van der Waals surface area contributed by atoms with Crippen LogP contribution in [-0.2, 0) is 0 Å². The maximum atomic E-state index is 13.7. The fourth-order valence-corrected chi connectivity index (χ4v) is 1.87. The van der Waals surface area contributed by atoms with Crippen LogP contribution >= 0.6 is 0 Å². The van der Waals surface area contributed by atoms with E-state index in [4.69, 9.17) is 4.42 Å². The lowest BCUT2D eigenvalue weighted by Crippen LogP contribution is -2.12. The molecule has 1 aliphatic rings. The Bertz CT molecular complexity index is 636. The fourth-order valence-electron chi connectivity index (χ4n) is 1.87. The Morgan fingerprint density at radius 1 is 1.44 bits per heavy atom. The lowest BCUT2D eigenvalue weighted by Gasteiger charge is -1.99. The van der Waals surface area contributed by atoms with Gasteiger partial charge >= 0.3 is 5.76 Å². The Morgan fingerprint density at radius 2 is 2.19 bits per heavy atom. The number of hydrogen-bond donors (Lipinski definition) is 0. The van der Waals surface area contributed by atoms with Crippen molar-refractivity contribution >= 4 is 17.4 Å². The van der Waals surface area contributed by atoms with E-state index in [9.17, 15) is 14.0 Å². The summed E-state index contributed by atoms with van der Waals surface area (Å²) in [6.07, 6.45) is 2.25. The van der Waals surface area contributed by atoms with Crippen molar-refractivity contribution in [1.82, 2.24) is 4.57 Å². The number of benzene rings is 1. The van der Waals surface area contributed by atoms with Crippen LogP contribution in [0.25, 0.3) is 11.1 Å². The monoisotopic (exact) mass is 221 g/mol. The average Bonchev–Trinajstić information content (AvgIpc) is 3.01. The van der Waals surface area contributed by atoms with Gasteiger partial charge in [0.2, 0.25) is 0 Å². The molecule has 82 valence electrons. The number of fused-ring (bicyclic) bond motifs is 1. The largest absolute Gasteiger partial charge is 0.420 e. The second kappa shape index (κ2) is 3.04. The number of nitrogens with zero attached hydrogens (tertiary/aromatic N) is 1. The Morgan fingerprint density at radius 3 is 2.81 bits per heavy atom. The van der Waals surface area contributed by atoms with E-state index in [0.29, 0.717) is 6.29 Å². The molecule has 0 N–H and O–H groups in total. The minimum atomic E-state index is -0.586. The minimum absolute atomic E-state index is 0.0466. The number of halogens is 1. The summed E-state index contributed by atoms with van der Waals surface area (Å²) in [4.78, 5) is 22.1. The molecule has 0 radical (unpaired) electrons. The quantitative estimate of drug-likeness (QED) is 0.727. The fraction of sp³-hybridized carbons (Fsp3) is 0.273. The molecule has 0 saturated heterocycles. The van der Waals surface area contributed by atoms with E-state index in [2.05, 4.69) is 0 Å². The Labute approximate surface area is 89.3 Å². The molecule has 0 bridgehead atoms. The van der Waals surface area contributed by atoms with E-state index >= 15 is 0 Å². The zero-order valence-electron chi connectivity index (χ0n) is 8.27. The van der Waals surface area contributed by atoms with Crippen LogP contribution in [0.5, 0.6) is 0 Å². The van der Waals surface area contributed by atoms with Crippen LogP contribution in [0, 0.1) is 5.82 Å². The van der Waals surface area contributed by atoms with Gasteiger partial charge in [-0.3, -0.25) is 9.36 Å². The molecule has 1 saturated carbocycles. The van der Waals surface area contributed by atoms with E-state index in [1.807, 2.05) is 0 Å². The van der Waals surface area contributed by atoms with Crippen molar-refractivity contribution in [1.29, 1.82) is 0 Å². The van der Waals surface area contributed by atoms with Gasteiger partial charge < -0.3 is 4.42 Å². The van der Waals surface area contributed by atoms with Gasteiger partial charge in [-0.15, -0.1) is 0 Å². The smallest absolute Gasteiger partial charge is 0.408 e. The zero-order valence-corrected chi connectivity index (χ0v) is 8.27. The van der Waals surface area contributed by atoms with Gasteiger partial charge in [0.25, 0.3) is 0 Å². The van der Waals surface area contributed by atoms with Crippen molar-refractivity contribution in [3.8, 4) is 0 Å². The van der Waals surface area contributed by atoms with Gasteiger partial charge in [0.15, 0.2) is 11.4 Å². The highest BCUT2D eigenvalue weighted by Gasteiger charge is 2.29. The summed E-state index contributed by atoms with van der Waals surface area (Å²) < 4.78 is 20.0. The highest BCUT2D eigenvalue weighted by molar-refractivity contribution is 5.84. The summed E-state index contributed by atoms with van der Waals surface area (Å²) in [5, 5.41) is 0. The van der Waals surface area contributed by atoms with Crippen LogP contribution < -0.4 is 5.76 Å². The molecule has 4 nitrogen and oxygen atoms in total. The van der Waals surface area contributed by atoms with Gasteiger partial charge in [0.05, 0.1) is 0 Å². The van der Waals surface area contributed by atoms with Gasteiger partial charge in [-0.1, -0.05) is 0 Å². The predicted octanol–water partition coefficient (Wildman–Crippen LogP) is 1.88. The topological polar surface area (TPSA) is 52.2 Å². The van der Waals surface area contributed by atoms with Crippen LogP contribution in [0.4, 0.5) is 4.39 Å². The summed E-state index contributed by atoms with van der Waals surface area (Å²) in [6, 6.07) is 2.54. The molecule has 1 aliphatic carbocycles. The second-order valence-corrected chi connectivity index (χ2v) is 3.94. The molecule has 16 heavy (non-hydrogen) atoms. The number of carbonyl (C=O) groups is 1. The minimum Gasteiger partial charge on any atom is -0.408 e. The Kier molecular flexibility index (Phi) is 1.77. The Balaban J connectivity index is 2.39. The first-order valence-corrected chi connectivity index (χ1v) is 5.00. The molecule has 1 fully saturated rings. The van der Waals surface area contributed by atoms with Crippen LogP contribution in [0.15, 0.2) is 21.3 Å². The number of oxazole rings is 1. The van der Waals surface area contributed by atoms with Crippen LogP contribution in [-0.4, -0.2) is 10.9 Å². The van der Waals surface area contributed by atoms with Gasteiger partial charge in [-0.2, -0.15) is 0 Å². The van der Waals surface area contributed by atoms with Gasteiger partial charge in [-0.05, 0) is 25.0 Å². The molecule has 5 heteroatoms. The number of carbonyl (C=O) groups excluding carboxylic acids is 1. The zero-order chi connectivity index (χ0) is 11.3. The third-order valence-corrected chi connectivity index (χ3v) is 2.73. The van der Waals surface area contributed by atoms with Crippen molar-refractivity contribution in [3.05, 3.63) is 34.1 Å². The van der Waals surface area contributed by atoms with Crippen molar-refractivity contribution < 1.29 is 13.6 Å². The van der Waals surface area contributed by atoms with Crippen molar-refractivity contribution in [2.45, 2.75) is 18.9 Å². The van der Waals surface area contributed by atoms with E-state index in [1.165, 1.54) is 10.6 Å².